The van der Waals surface area contributed by atoms with Crippen molar-refractivity contribution in [1.82, 2.24) is 14.8 Å². The number of piperazine rings is 1. The molecule has 0 aliphatic carbocycles. The van der Waals surface area contributed by atoms with Crippen LogP contribution in [0.3, 0.4) is 0 Å². The van der Waals surface area contributed by atoms with E-state index in [1.165, 1.54) is 17.7 Å². The Balaban J connectivity index is 1.27. The molecule has 1 aliphatic rings. The van der Waals surface area contributed by atoms with Crippen molar-refractivity contribution < 1.29 is 9.18 Å². The maximum absolute atomic E-state index is 12.9. The van der Waals surface area contributed by atoms with E-state index in [-0.39, 0.29) is 11.7 Å². The van der Waals surface area contributed by atoms with Crippen LogP contribution in [0.1, 0.15) is 11.3 Å². The zero-order valence-corrected chi connectivity index (χ0v) is 16.9. The van der Waals surface area contributed by atoms with Crippen molar-refractivity contribution in [3.05, 3.63) is 69.6 Å². The fraction of sp³-hybridized carbons (Fsp3) is 0.238. The van der Waals surface area contributed by atoms with Crippen LogP contribution in [-0.4, -0.2) is 46.9 Å². The molecule has 144 valence electrons. The molecule has 1 saturated heterocycles. The molecule has 0 spiro atoms. The summed E-state index contributed by atoms with van der Waals surface area (Å²) in [6.07, 6.45) is 3.30. The van der Waals surface area contributed by atoms with Crippen LogP contribution in [0.25, 0.3) is 16.6 Å². The van der Waals surface area contributed by atoms with E-state index in [1.54, 1.807) is 47.0 Å². The Hall–Kier alpha value is -2.35. The Bertz CT molecular complexity index is 942. The van der Waals surface area contributed by atoms with Crippen molar-refractivity contribution in [3.8, 4) is 10.6 Å². The first-order valence-electron chi connectivity index (χ1n) is 9.09. The number of rotatable bonds is 5. The number of carbonyl (C=O) groups is 1. The fourth-order valence-corrected chi connectivity index (χ4v) is 4.62. The van der Waals surface area contributed by atoms with Crippen molar-refractivity contribution >= 4 is 34.7 Å². The third-order valence-corrected chi connectivity index (χ3v) is 6.30. The quantitative estimate of drug-likeness (QED) is 0.583. The van der Waals surface area contributed by atoms with Crippen LogP contribution in [0.4, 0.5) is 4.39 Å². The van der Waals surface area contributed by atoms with Gasteiger partial charge in [0.25, 0.3) is 0 Å². The number of thiophene rings is 1. The summed E-state index contributed by atoms with van der Waals surface area (Å²) in [7, 11) is 0. The van der Waals surface area contributed by atoms with Crippen LogP contribution in [0, 0.1) is 5.82 Å². The summed E-state index contributed by atoms with van der Waals surface area (Å²) in [5.41, 5.74) is 3.09. The molecule has 3 heterocycles. The second-order valence-corrected chi connectivity index (χ2v) is 8.28. The Kier molecular flexibility index (Phi) is 5.95. The van der Waals surface area contributed by atoms with Crippen molar-refractivity contribution in [2.45, 2.75) is 6.54 Å². The highest BCUT2D eigenvalue weighted by molar-refractivity contribution is 7.14. The van der Waals surface area contributed by atoms with Crippen LogP contribution < -0.4 is 0 Å². The SMILES string of the molecule is O=C(C=Cc1ccc(F)cc1)N1CCN(Cc2csc(-c3ccsc3)n2)CC1. The first-order chi connectivity index (χ1) is 13.7. The second-order valence-electron chi connectivity index (χ2n) is 6.64. The lowest BCUT2D eigenvalue weighted by molar-refractivity contribution is -0.127. The van der Waals surface area contributed by atoms with E-state index in [1.807, 2.05) is 4.90 Å². The van der Waals surface area contributed by atoms with Crippen LogP contribution >= 0.6 is 22.7 Å². The molecule has 0 N–H and O–H groups in total. The van der Waals surface area contributed by atoms with E-state index in [4.69, 9.17) is 4.98 Å². The predicted octanol–water partition coefficient (Wildman–Crippen LogP) is 4.37. The molecule has 4 nitrogen and oxygen atoms in total. The van der Waals surface area contributed by atoms with E-state index in [0.29, 0.717) is 13.1 Å². The average molecular weight is 414 g/mol. The Morgan fingerprint density at radius 3 is 2.61 bits per heavy atom. The molecule has 7 heteroatoms. The lowest BCUT2D eigenvalue weighted by Gasteiger charge is -2.33. The molecule has 1 amide bonds. The van der Waals surface area contributed by atoms with Gasteiger partial charge in [0.1, 0.15) is 10.8 Å². The summed E-state index contributed by atoms with van der Waals surface area (Å²) in [5, 5.41) is 7.37. The molecule has 1 aromatic carbocycles. The smallest absolute Gasteiger partial charge is 0.246 e. The molecule has 1 fully saturated rings. The molecular weight excluding hydrogens is 393 g/mol. The van der Waals surface area contributed by atoms with Crippen molar-refractivity contribution in [2.75, 3.05) is 26.2 Å². The largest absolute Gasteiger partial charge is 0.337 e. The average Bonchev–Trinajstić information content (AvgIpc) is 3.40. The van der Waals surface area contributed by atoms with Crippen molar-refractivity contribution in [1.29, 1.82) is 0 Å². The number of carbonyl (C=O) groups excluding carboxylic acids is 1. The molecule has 3 aromatic rings. The monoisotopic (exact) mass is 413 g/mol. The van der Waals surface area contributed by atoms with Gasteiger partial charge in [-0.3, -0.25) is 9.69 Å². The lowest BCUT2D eigenvalue weighted by Crippen LogP contribution is -2.47. The second kappa shape index (κ2) is 8.77. The van der Waals surface area contributed by atoms with E-state index in [9.17, 15) is 9.18 Å². The number of amides is 1. The number of hydrogen-bond donors (Lipinski definition) is 0. The van der Waals surface area contributed by atoms with E-state index in [0.717, 1.165) is 35.9 Å². The van der Waals surface area contributed by atoms with E-state index < -0.39 is 0 Å². The highest BCUT2D eigenvalue weighted by Crippen LogP contribution is 2.26. The third-order valence-electron chi connectivity index (χ3n) is 4.68. The predicted molar refractivity (Wildman–Crippen MR) is 113 cm³/mol. The molecular formula is C21H20FN3OS2. The maximum atomic E-state index is 12.9. The molecule has 0 saturated carbocycles. The number of halogens is 1. The standard InChI is InChI=1S/C21H20FN3OS2/c22-18-4-1-16(2-5-18)3-6-20(26)25-10-8-24(9-11-25)13-19-15-28-21(23-19)17-7-12-27-14-17/h1-7,12,14-15H,8-11,13H2. The first kappa shape index (κ1) is 19.0. The minimum absolute atomic E-state index is 0.00243. The third kappa shape index (κ3) is 4.73. The minimum Gasteiger partial charge on any atom is -0.337 e. The number of aromatic nitrogens is 1. The number of thiazole rings is 1. The molecule has 0 radical (unpaired) electrons. The zero-order chi connectivity index (χ0) is 19.3. The molecule has 0 unspecified atom stereocenters. The maximum Gasteiger partial charge on any atom is 0.246 e. The summed E-state index contributed by atoms with van der Waals surface area (Å²) in [6, 6.07) is 8.21. The number of hydrogen-bond acceptors (Lipinski definition) is 5. The molecule has 0 atom stereocenters. The van der Waals surface area contributed by atoms with Gasteiger partial charge in [-0.05, 0) is 35.2 Å². The minimum atomic E-state index is -0.276. The topological polar surface area (TPSA) is 36.4 Å². The van der Waals surface area contributed by atoms with Gasteiger partial charge in [0, 0.05) is 55.1 Å². The molecule has 4 rings (SSSR count). The van der Waals surface area contributed by atoms with Crippen LogP contribution in [-0.2, 0) is 11.3 Å². The van der Waals surface area contributed by atoms with Gasteiger partial charge in [0.05, 0.1) is 5.69 Å². The zero-order valence-electron chi connectivity index (χ0n) is 15.3. The summed E-state index contributed by atoms with van der Waals surface area (Å²) in [5.74, 6) is -0.278. The van der Waals surface area contributed by atoms with Gasteiger partial charge in [-0.15, -0.1) is 11.3 Å². The Morgan fingerprint density at radius 2 is 1.89 bits per heavy atom. The highest BCUT2D eigenvalue weighted by Gasteiger charge is 2.20. The van der Waals surface area contributed by atoms with Gasteiger partial charge in [0.15, 0.2) is 0 Å². The van der Waals surface area contributed by atoms with Gasteiger partial charge in [-0.2, -0.15) is 11.3 Å². The van der Waals surface area contributed by atoms with Gasteiger partial charge in [-0.25, -0.2) is 9.37 Å². The summed E-state index contributed by atoms with van der Waals surface area (Å²) in [6.45, 7) is 3.89. The first-order valence-corrected chi connectivity index (χ1v) is 10.9. The van der Waals surface area contributed by atoms with Crippen molar-refractivity contribution in [2.24, 2.45) is 0 Å². The normalized spacial score (nSPS) is 15.4. The molecule has 2 aromatic heterocycles. The number of benzene rings is 1. The summed E-state index contributed by atoms with van der Waals surface area (Å²) < 4.78 is 12.9. The van der Waals surface area contributed by atoms with E-state index >= 15 is 0 Å². The van der Waals surface area contributed by atoms with Crippen LogP contribution in [0.2, 0.25) is 0 Å². The molecule has 0 bridgehead atoms. The van der Waals surface area contributed by atoms with Gasteiger partial charge in [0.2, 0.25) is 5.91 Å². The number of nitrogens with zero attached hydrogens (tertiary/aromatic N) is 3. The molecule has 28 heavy (non-hydrogen) atoms. The van der Waals surface area contributed by atoms with Crippen LogP contribution in [0.5, 0.6) is 0 Å². The lowest BCUT2D eigenvalue weighted by atomic mass is 10.2. The Morgan fingerprint density at radius 1 is 1.11 bits per heavy atom. The van der Waals surface area contributed by atoms with E-state index in [2.05, 4.69) is 27.1 Å². The highest BCUT2D eigenvalue weighted by atomic mass is 32.1. The van der Waals surface area contributed by atoms with Crippen molar-refractivity contribution in [3.63, 3.8) is 0 Å². The van der Waals surface area contributed by atoms with Crippen LogP contribution in [0.15, 0.2) is 52.5 Å². The fourth-order valence-electron chi connectivity index (χ4n) is 3.10. The summed E-state index contributed by atoms with van der Waals surface area (Å²) >= 11 is 3.36. The summed E-state index contributed by atoms with van der Waals surface area (Å²) in [4.78, 5) is 21.3. The van der Waals surface area contributed by atoms with Gasteiger partial charge < -0.3 is 4.90 Å². The van der Waals surface area contributed by atoms with Gasteiger partial charge in [-0.1, -0.05) is 12.1 Å². The Labute approximate surface area is 171 Å². The van der Waals surface area contributed by atoms with Gasteiger partial charge >= 0.3 is 0 Å². The molecule has 1 aliphatic heterocycles.